The molecule has 1 aromatic carbocycles. The minimum Gasteiger partial charge on any atom is -0.497 e. The number of anilines is 1. The molecule has 0 amide bonds. The summed E-state index contributed by atoms with van der Waals surface area (Å²) in [7, 11) is 3.46. The van der Waals surface area contributed by atoms with Crippen LogP contribution in [0.4, 0.5) is 11.5 Å². The van der Waals surface area contributed by atoms with Crippen molar-refractivity contribution in [2.75, 3.05) is 19.1 Å². The van der Waals surface area contributed by atoms with Gasteiger partial charge in [0.15, 0.2) is 0 Å². The number of hydrogen-bond acceptors (Lipinski definition) is 6. The monoisotopic (exact) mass is 347 g/mol. The molecule has 9 heteroatoms. The summed E-state index contributed by atoms with van der Waals surface area (Å²) < 4.78 is 6.55. The van der Waals surface area contributed by atoms with Gasteiger partial charge in [-0.25, -0.2) is 4.98 Å². The van der Waals surface area contributed by atoms with E-state index in [1.807, 2.05) is 36.2 Å². The quantitative estimate of drug-likeness (QED) is 0.400. The molecular weight excluding hydrogens is 334 g/mol. The van der Waals surface area contributed by atoms with Gasteiger partial charge in [0.2, 0.25) is 5.65 Å². The Morgan fingerprint density at radius 3 is 2.71 bits per heavy atom. The maximum absolute atomic E-state index is 11.1. The smallest absolute Gasteiger partial charge is 0.333 e. The third kappa shape index (κ3) is 2.95. The summed E-state index contributed by atoms with van der Waals surface area (Å²) in [4.78, 5) is 16.4. The summed E-state index contributed by atoms with van der Waals surface area (Å²) in [5, 5.41) is 15.3. The van der Waals surface area contributed by atoms with Crippen LogP contribution in [0.15, 0.2) is 36.5 Å². The van der Waals surface area contributed by atoms with Crippen LogP contribution in [0.1, 0.15) is 5.56 Å². The maximum Gasteiger partial charge on any atom is 0.333 e. The second-order valence-electron chi connectivity index (χ2n) is 5.16. The molecule has 0 saturated heterocycles. The molecule has 0 aliphatic carbocycles. The Kier molecular flexibility index (Phi) is 4.22. The van der Waals surface area contributed by atoms with Crippen LogP contribution in [0.3, 0.4) is 0 Å². The van der Waals surface area contributed by atoms with E-state index in [4.69, 9.17) is 16.3 Å². The molecule has 0 spiro atoms. The molecular formula is C15H14ClN5O3. The van der Waals surface area contributed by atoms with Crippen molar-refractivity contribution in [3.05, 3.63) is 57.4 Å². The van der Waals surface area contributed by atoms with Gasteiger partial charge in [0.25, 0.3) is 0 Å². The third-order valence-corrected chi connectivity index (χ3v) is 3.76. The van der Waals surface area contributed by atoms with Gasteiger partial charge in [-0.1, -0.05) is 23.7 Å². The van der Waals surface area contributed by atoms with Gasteiger partial charge in [-0.05, 0) is 17.7 Å². The van der Waals surface area contributed by atoms with Gasteiger partial charge in [-0.15, -0.1) is 0 Å². The topological polar surface area (TPSA) is 85.8 Å². The van der Waals surface area contributed by atoms with Crippen LogP contribution in [0.25, 0.3) is 5.65 Å². The number of aromatic nitrogens is 3. The summed E-state index contributed by atoms with van der Waals surface area (Å²) >= 11 is 6.03. The highest BCUT2D eigenvalue weighted by Gasteiger charge is 2.20. The van der Waals surface area contributed by atoms with Gasteiger partial charge in [0, 0.05) is 19.7 Å². The van der Waals surface area contributed by atoms with Crippen molar-refractivity contribution in [3.8, 4) is 5.75 Å². The normalized spacial score (nSPS) is 10.8. The molecule has 0 fully saturated rings. The molecule has 124 valence electrons. The van der Waals surface area contributed by atoms with Crippen molar-refractivity contribution in [2.45, 2.75) is 6.54 Å². The Morgan fingerprint density at radius 1 is 1.38 bits per heavy atom. The Bertz CT molecular complexity index is 894. The fourth-order valence-corrected chi connectivity index (χ4v) is 2.57. The molecule has 0 bridgehead atoms. The summed E-state index contributed by atoms with van der Waals surface area (Å²) in [6.07, 6.45) is 1.17. The number of ether oxygens (including phenoxy) is 1. The van der Waals surface area contributed by atoms with E-state index in [0.29, 0.717) is 12.4 Å². The number of methoxy groups -OCH3 is 1. The molecule has 0 unspecified atom stereocenters. The standard InChI is InChI=1S/C15H14ClN5O3/c1-19(9-10-3-5-11(24-2)6-4-10)14-7-13(16)18-15-12(21(22)23)8-17-20(14)15/h3-8H,9H2,1-2H3. The van der Waals surface area contributed by atoms with Crippen LogP contribution in [0.5, 0.6) is 5.75 Å². The van der Waals surface area contributed by atoms with Crippen molar-refractivity contribution in [1.82, 2.24) is 14.6 Å². The van der Waals surface area contributed by atoms with Crippen LogP contribution >= 0.6 is 11.6 Å². The molecule has 24 heavy (non-hydrogen) atoms. The van der Waals surface area contributed by atoms with Gasteiger partial charge >= 0.3 is 5.69 Å². The highest BCUT2D eigenvalue weighted by molar-refractivity contribution is 6.29. The minimum atomic E-state index is -0.529. The Hall–Kier alpha value is -2.87. The second-order valence-corrected chi connectivity index (χ2v) is 5.55. The first-order chi connectivity index (χ1) is 11.5. The molecule has 2 heterocycles. The van der Waals surface area contributed by atoms with Gasteiger partial charge in [-0.3, -0.25) is 10.1 Å². The summed E-state index contributed by atoms with van der Waals surface area (Å²) in [6, 6.07) is 9.25. The number of nitrogens with zero attached hydrogens (tertiary/aromatic N) is 5. The summed E-state index contributed by atoms with van der Waals surface area (Å²) in [5.41, 5.74) is 0.974. The zero-order valence-electron chi connectivity index (χ0n) is 13.0. The number of nitro groups is 1. The lowest BCUT2D eigenvalue weighted by Crippen LogP contribution is -2.20. The Balaban J connectivity index is 1.96. The fourth-order valence-electron chi connectivity index (χ4n) is 2.39. The first-order valence-electron chi connectivity index (χ1n) is 7.02. The van der Waals surface area contributed by atoms with E-state index in [2.05, 4.69) is 10.1 Å². The average molecular weight is 348 g/mol. The molecule has 0 aliphatic rings. The Morgan fingerprint density at radius 2 is 2.08 bits per heavy atom. The van der Waals surface area contributed by atoms with Crippen molar-refractivity contribution in [2.24, 2.45) is 0 Å². The third-order valence-electron chi connectivity index (χ3n) is 3.57. The van der Waals surface area contributed by atoms with Crippen LogP contribution in [0.2, 0.25) is 5.15 Å². The largest absolute Gasteiger partial charge is 0.497 e. The molecule has 2 aromatic heterocycles. The minimum absolute atomic E-state index is 0.115. The van der Waals surface area contributed by atoms with E-state index in [0.717, 1.165) is 11.3 Å². The second kappa shape index (κ2) is 6.32. The van der Waals surface area contributed by atoms with Gasteiger partial charge in [0.05, 0.1) is 12.0 Å². The highest BCUT2D eigenvalue weighted by Crippen LogP contribution is 2.26. The van der Waals surface area contributed by atoms with E-state index >= 15 is 0 Å². The molecule has 0 saturated carbocycles. The van der Waals surface area contributed by atoms with Crippen LogP contribution in [-0.4, -0.2) is 33.7 Å². The zero-order chi connectivity index (χ0) is 17.3. The highest BCUT2D eigenvalue weighted by atomic mass is 35.5. The zero-order valence-corrected chi connectivity index (χ0v) is 13.8. The van der Waals surface area contributed by atoms with E-state index in [1.54, 1.807) is 13.2 Å². The van der Waals surface area contributed by atoms with Crippen LogP contribution < -0.4 is 9.64 Å². The number of fused-ring (bicyclic) bond motifs is 1. The van der Waals surface area contributed by atoms with E-state index in [9.17, 15) is 10.1 Å². The number of rotatable bonds is 5. The predicted octanol–water partition coefficient (Wildman–Crippen LogP) is 2.94. The molecule has 0 radical (unpaired) electrons. The molecule has 0 atom stereocenters. The fraction of sp³-hybridized carbons (Fsp3) is 0.200. The SMILES string of the molecule is COc1ccc(CN(C)c2cc(Cl)nc3c([N+](=O)[O-])cnn23)cc1. The molecule has 3 rings (SSSR count). The summed E-state index contributed by atoms with van der Waals surface area (Å²) in [6.45, 7) is 0.563. The summed E-state index contributed by atoms with van der Waals surface area (Å²) in [5.74, 6) is 1.38. The maximum atomic E-state index is 11.1. The van der Waals surface area contributed by atoms with Crippen molar-refractivity contribution < 1.29 is 9.66 Å². The average Bonchev–Trinajstić information content (AvgIpc) is 2.98. The molecule has 8 nitrogen and oxygen atoms in total. The number of halogens is 1. The number of benzene rings is 1. The van der Waals surface area contributed by atoms with Crippen molar-refractivity contribution >= 4 is 28.8 Å². The predicted molar refractivity (Wildman–Crippen MR) is 89.8 cm³/mol. The van der Waals surface area contributed by atoms with Crippen LogP contribution in [-0.2, 0) is 6.54 Å². The number of hydrogen-bond donors (Lipinski definition) is 0. The Labute approximate surface area is 142 Å². The first-order valence-corrected chi connectivity index (χ1v) is 7.40. The lowest BCUT2D eigenvalue weighted by molar-refractivity contribution is -0.383. The van der Waals surface area contributed by atoms with E-state index in [1.165, 1.54) is 10.7 Å². The van der Waals surface area contributed by atoms with Gasteiger partial charge in [-0.2, -0.15) is 9.61 Å². The van der Waals surface area contributed by atoms with Crippen LogP contribution in [0, 0.1) is 10.1 Å². The first kappa shape index (κ1) is 16.0. The molecule has 0 N–H and O–H groups in total. The van der Waals surface area contributed by atoms with Crippen molar-refractivity contribution in [1.29, 1.82) is 0 Å². The lowest BCUT2D eigenvalue weighted by atomic mass is 10.2. The molecule has 3 aromatic rings. The van der Waals surface area contributed by atoms with Gasteiger partial charge < -0.3 is 9.64 Å². The molecule has 0 aliphatic heterocycles. The van der Waals surface area contributed by atoms with E-state index in [-0.39, 0.29) is 16.5 Å². The van der Waals surface area contributed by atoms with Gasteiger partial charge in [0.1, 0.15) is 22.9 Å². The lowest BCUT2D eigenvalue weighted by Gasteiger charge is -2.20. The van der Waals surface area contributed by atoms with E-state index < -0.39 is 4.92 Å². The van der Waals surface area contributed by atoms with Crippen molar-refractivity contribution in [3.63, 3.8) is 0 Å².